The molecule has 1 rings (SSSR count). The second-order valence-corrected chi connectivity index (χ2v) is 6.57. The molecule has 1 aromatic rings. The van der Waals surface area contributed by atoms with Gasteiger partial charge in [-0.05, 0) is 49.4 Å². The van der Waals surface area contributed by atoms with E-state index in [1.807, 2.05) is 0 Å². The first kappa shape index (κ1) is 16.0. The minimum Gasteiger partial charge on any atom is -0.496 e. The molecule has 0 aliphatic heterocycles. The van der Waals surface area contributed by atoms with Gasteiger partial charge in [-0.1, -0.05) is 33.8 Å². The van der Waals surface area contributed by atoms with E-state index in [0.717, 1.165) is 18.7 Å². The number of aryl methyl sites for hydroxylation is 2. The zero-order valence-electron chi connectivity index (χ0n) is 13.6. The van der Waals surface area contributed by atoms with Gasteiger partial charge in [-0.15, -0.1) is 0 Å². The first-order chi connectivity index (χ1) is 8.78. The zero-order valence-corrected chi connectivity index (χ0v) is 13.6. The fraction of sp³-hybridized carbons (Fsp3) is 0.647. The average Bonchev–Trinajstić information content (AvgIpc) is 2.25. The largest absolute Gasteiger partial charge is 0.496 e. The van der Waals surface area contributed by atoms with E-state index in [4.69, 9.17) is 4.74 Å². The van der Waals surface area contributed by atoms with Gasteiger partial charge in [0, 0.05) is 11.6 Å². The Hall–Kier alpha value is -1.02. The van der Waals surface area contributed by atoms with E-state index in [1.165, 1.54) is 16.7 Å². The van der Waals surface area contributed by atoms with Crippen molar-refractivity contribution < 1.29 is 4.74 Å². The Morgan fingerprint density at radius 1 is 1.21 bits per heavy atom. The molecule has 0 saturated carbocycles. The molecule has 0 saturated heterocycles. The molecule has 19 heavy (non-hydrogen) atoms. The lowest BCUT2D eigenvalue weighted by atomic mass is 9.83. The SMILES string of the molecule is CCNC(CC(C)(C)C)c1c(C)cc(C)cc1OC. The van der Waals surface area contributed by atoms with Crippen molar-refractivity contribution in [2.24, 2.45) is 5.41 Å². The van der Waals surface area contributed by atoms with Gasteiger partial charge in [0.2, 0.25) is 0 Å². The molecular formula is C17H29NO. The summed E-state index contributed by atoms with van der Waals surface area (Å²) in [5, 5.41) is 3.61. The van der Waals surface area contributed by atoms with Gasteiger partial charge in [-0.2, -0.15) is 0 Å². The number of benzene rings is 1. The molecule has 1 atom stereocenters. The lowest BCUT2D eigenvalue weighted by molar-refractivity contribution is 0.306. The highest BCUT2D eigenvalue weighted by molar-refractivity contribution is 5.45. The third-order valence-electron chi connectivity index (χ3n) is 3.33. The van der Waals surface area contributed by atoms with Crippen LogP contribution in [0.25, 0.3) is 0 Å². The molecule has 2 heteroatoms. The van der Waals surface area contributed by atoms with Crippen molar-refractivity contribution in [2.75, 3.05) is 13.7 Å². The van der Waals surface area contributed by atoms with Crippen LogP contribution in [0, 0.1) is 19.3 Å². The molecule has 0 spiro atoms. The summed E-state index contributed by atoms with van der Waals surface area (Å²) in [6.07, 6.45) is 1.10. The molecule has 0 heterocycles. The summed E-state index contributed by atoms with van der Waals surface area (Å²) in [6, 6.07) is 4.72. The maximum Gasteiger partial charge on any atom is 0.124 e. The lowest BCUT2D eigenvalue weighted by Gasteiger charge is -2.29. The van der Waals surface area contributed by atoms with Crippen LogP contribution in [0.1, 0.15) is 56.8 Å². The normalized spacial score (nSPS) is 13.4. The third kappa shape index (κ3) is 4.54. The van der Waals surface area contributed by atoms with E-state index in [-0.39, 0.29) is 5.41 Å². The minimum absolute atomic E-state index is 0.287. The molecule has 0 bridgehead atoms. The summed E-state index contributed by atoms with van der Waals surface area (Å²) < 4.78 is 5.61. The van der Waals surface area contributed by atoms with Gasteiger partial charge in [0.1, 0.15) is 5.75 Å². The van der Waals surface area contributed by atoms with Crippen LogP contribution in [0.3, 0.4) is 0 Å². The van der Waals surface area contributed by atoms with E-state index in [1.54, 1.807) is 7.11 Å². The van der Waals surface area contributed by atoms with Gasteiger partial charge in [0.25, 0.3) is 0 Å². The number of ether oxygens (including phenoxy) is 1. The van der Waals surface area contributed by atoms with E-state index in [0.29, 0.717) is 6.04 Å². The number of methoxy groups -OCH3 is 1. The van der Waals surface area contributed by atoms with E-state index >= 15 is 0 Å². The van der Waals surface area contributed by atoms with Gasteiger partial charge < -0.3 is 10.1 Å². The molecule has 0 radical (unpaired) electrons. The van der Waals surface area contributed by atoms with Crippen molar-refractivity contribution in [3.63, 3.8) is 0 Å². The maximum atomic E-state index is 5.61. The summed E-state index contributed by atoms with van der Waals surface area (Å²) in [5.41, 5.74) is 4.16. The summed E-state index contributed by atoms with van der Waals surface area (Å²) in [6.45, 7) is 14.3. The van der Waals surface area contributed by atoms with Crippen LogP contribution < -0.4 is 10.1 Å². The fourth-order valence-electron chi connectivity index (χ4n) is 2.69. The van der Waals surface area contributed by atoms with Crippen molar-refractivity contribution >= 4 is 0 Å². The molecular weight excluding hydrogens is 234 g/mol. The quantitative estimate of drug-likeness (QED) is 0.850. The molecule has 108 valence electrons. The Labute approximate surface area is 118 Å². The fourth-order valence-corrected chi connectivity index (χ4v) is 2.69. The average molecular weight is 263 g/mol. The number of hydrogen-bond donors (Lipinski definition) is 1. The van der Waals surface area contributed by atoms with Gasteiger partial charge in [-0.25, -0.2) is 0 Å². The van der Waals surface area contributed by atoms with Gasteiger partial charge in [-0.3, -0.25) is 0 Å². The van der Waals surface area contributed by atoms with Crippen molar-refractivity contribution in [3.05, 3.63) is 28.8 Å². The molecule has 1 unspecified atom stereocenters. The second kappa shape index (κ2) is 6.42. The Morgan fingerprint density at radius 2 is 1.84 bits per heavy atom. The van der Waals surface area contributed by atoms with Crippen LogP contribution in [0.5, 0.6) is 5.75 Å². The van der Waals surface area contributed by atoms with Crippen molar-refractivity contribution in [1.82, 2.24) is 5.32 Å². The molecule has 0 amide bonds. The molecule has 0 fully saturated rings. The highest BCUT2D eigenvalue weighted by Gasteiger charge is 2.23. The van der Waals surface area contributed by atoms with Gasteiger partial charge >= 0.3 is 0 Å². The van der Waals surface area contributed by atoms with E-state index < -0.39 is 0 Å². The van der Waals surface area contributed by atoms with E-state index in [2.05, 4.69) is 59.0 Å². The van der Waals surface area contributed by atoms with Gasteiger partial charge in [0.15, 0.2) is 0 Å². The first-order valence-electron chi connectivity index (χ1n) is 7.17. The highest BCUT2D eigenvalue weighted by Crippen LogP contribution is 2.36. The molecule has 0 aliphatic carbocycles. The number of rotatable bonds is 5. The summed E-state index contributed by atoms with van der Waals surface area (Å²) in [5.74, 6) is 1.01. The Morgan fingerprint density at radius 3 is 2.32 bits per heavy atom. The summed E-state index contributed by atoms with van der Waals surface area (Å²) >= 11 is 0. The molecule has 1 aromatic carbocycles. The predicted octanol–water partition coefficient (Wildman–Crippen LogP) is 4.40. The second-order valence-electron chi connectivity index (χ2n) is 6.57. The molecule has 1 N–H and O–H groups in total. The summed E-state index contributed by atoms with van der Waals surface area (Å²) in [7, 11) is 1.76. The number of hydrogen-bond acceptors (Lipinski definition) is 2. The molecule has 2 nitrogen and oxygen atoms in total. The first-order valence-corrected chi connectivity index (χ1v) is 7.17. The maximum absolute atomic E-state index is 5.61. The third-order valence-corrected chi connectivity index (χ3v) is 3.33. The van der Waals surface area contributed by atoms with E-state index in [9.17, 15) is 0 Å². The van der Waals surface area contributed by atoms with Crippen LogP contribution in [-0.2, 0) is 0 Å². The highest BCUT2D eigenvalue weighted by atomic mass is 16.5. The smallest absolute Gasteiger partial charge is 0.124 e. The Kier molecular flexibility index (Phi) is 5.42. The van der Waals surface area contributed by atoms with Crippen LogP contribution >= 0.6 is 0 Å². The monoisotopic (exact) mass is 263 g/mol. The van der Waals surface area contributed by atoms with Crippen molar-refractivity contribution in [3.8, 4) is 5.75 Å². The van der Waals surface area contributed by atoms with Crippen molar-refractivity contribution in [2.45, 2.75) is 54.0 Å². The van der Waals surface area contributed by atoms with Crippen LogP contribution in [-0.4, -0.2) is 13.7 Å². The Bertz CT molecular complexity index is 418. The zero-order chi connectivity index (χ0) is 14.6. The lowest BCUT2D eigenvalue weighted by Crippen LogP contribution is -2.26. The standard InChI is InChI=1S/C17H29NO/c1-8-18-14(11-17(4,5)6)16-13(3)9-12(2)10-15(16)19-7/h9-10,14,18H,8,11H2,1-7H3. The Balaban J connectivity index is 3.21. The molecule has 0 aromatic heterocycles. The van der Waals surface area contributed by atoms with Gasteiger partial charge in [0.05, 0.1) is 7.11 Å². The minimum atomic E-state index is 0.287. The van der Waals surface area contributed by atoms with Crippen LogP contribution in [0.4, 0.5) is 0 Å². The number of nitrogens with one attached hydrogen (secondary N) is 1. The van der Waals surface area contributed by atoms with Crippen molar-refractivity contribution in [1.29, 1.82) is 0 Å². The van der Waals surface area contributed by atoms with Crippen LogP contribution in [0.2, 0.25) is 0 Å². The topological polar surface area (TPSA) is 21.3 Å². The predicted molar refractivity (Wildman–Crippen MR) is 83.0 cm³/mol. The van der Waals surface area contributed by atoms with Crippen LogP contribution in [0.15, 0.2) is 12.1 Å². The molecule has 0 aliphatic rings. The summed E-state index contributed by atoms with van der Waals surface area (Å²) in [4.78, 5) is 0.